The van der Waals surface area contributed by atoms with Crippen LogP contribution in [0.5, 0.6) is 0 Å². The SMILES string of the molecule is CC(C#N)(C(F)F)C1CSC1=O. The minimum absolute atomic E-state index is 0.292. The number of hydrogen-bond acceptors (Lipinski definition) is 3. The first-order valence-corrected chi connectivity index (χ1v) is 4.37. The predicted octanol–water partition coefficient (Wildman–Crippen LogP) is 1.67. The van der Waals surface area contributed by atoms with Gasteiger partial charge in [0.1, 0.15) is 5.41 Å². The summed E-state index contributed by atoms with van der Waals surface area (Å²) in [6, 6.07) is 1.53. The van der Waals surface area contributed by atoms with E-state index in [0.29, 0.717) is 5.75 Å². The highest BCUT2D eigenvalue weighted by molar-refractivity contribution is 8.15. The molecule has 5 heteroatoms. The molecule has 2 atom stereocenters. The third kappa shape index (κ3) is 1.20. The monoisotopic (exact) mass is 191 g/mol. The number of thioether (sulfide) groups is 1. The zero-order chi connectivity index (χ0) is 9.35. The van der Waals surface area contributed by atoms with Crippen molar-refractivity contribution in [3.05, 3.63) is 0 Å². The van der Waals surface area contributed by atoms with Crippen LogP contribution in [0.4, 0.5) is 8.78 Å². The third-order valence-electron chi connectivity index (χ3n) is 2.09. The zero-order valence-corrected chi connectivity index (χ0v) is 7.20. The number of carbonyl (C=O) groups excluding carboxylic acids is 1. The van der Waals surface area contributed by atoms with Gasteiger partial charge in [0.2, 0.25) is 0 Å². The van der Waals surface area contributed by atoms with Crippen molar-refractivity contribution in [2.45, 2.75) is 13.3 Å². The second-order valence-corrected chi connectivity index (χ2v) is 3.90. The Labute approximate surface area is 72.9 Å². The Morgan fingerprint density at radius 2 is 2.42 bits per heavy atom. The van der Waals surface area contributed by atoms with E-state index in [2.05, 4.69) is 0 Å². The number of rotatable bonds is 2. The van der Waals surface area contributed by atoms with E-state index in [1.54, 1.807) is 0 Å². The van der Waals surface area contributed by atoms with Crippen molar-refractivity contribution in [1.29, 1.82) is 5.26 Å². The van der Waals surface area contributed by atoms with Crippen molar-refractivity contribution in [2.24, 2.45) is 11.3 Å². The van der Waals surface area contributed by atoms with Gasteiger partial charge >= 0.3 is 0 Å². The number of alkyl halides is 2. The molecule has 0 amide bonds. The molecule has 0 aliphatic carbocycles. The Kier molecular flexibility index (Phi) is 2.38. The van der Waals surface area contributed by atoms with Crippen LogP contribution in [-0.4, -0.2) is 17.3 Å². The molecule has 1 heterocycles. The Hall–Kier alpha value is -0.630. The van der Waals surface area contributed by atoms with Crippen molar-refractivity contribution in [2.75, 3.05) is 5.75 Å². The summed E-state index contributed by atoms with van der Waals surface area (Å²) in [5, 5.41) is 8.23. The molecule has 66 valence electrons. The maximum atomic E-state index is 12.3. The summed E-state index contributed by atoms with van der Waals surface area (Å²) in [5.74, 6) is -0.444. The predicted molar refractivity (Wildman–Crippen MR) is 40.7 cm³/mol. The van der Waals surface area contributed by atoms with Crippen molar-refractivity contribution in [1.82, 2.24) is 0 Å². The summed E-state index contributed by atoms with van der Waals surface area (Å²) in [6.45, 7) is 1.14. The van der Waals surface area contributed by atoms with Gasteiger partial charge in [0.05, 0.1) is 12.0 Å². The molecular weight excluding hydrogens is 184 g/mol. The summed E-state index contributed by atoms with van der Waals surface area (Å²) < 4.78 is 24.7. The molecular formula is C7H7F2NOS. The molecule has 0 saturated carbocycles. The summed E-state index contributed by atoms with van der Waals surface area (Å²) in [7, 11) is 0. The normalized spacial score (nSPS) is 27.6. The number of carbonyl (C=O) groups is 1. The van der Waals surface area contributed by atoms with E-state index in [4.69, 9.17) is 5.26 Å². The molecule has 0 N–H and O–H groups in total. The van der Waals surface area contributed by atoms with E-state index < -0.39 is 17.8 Å². The standard InChI is InChI=1S/C7H7F2NOS/c1-7(3-10,6(8)9)4-2-12-5(4)11/h4,6H,2H2,1H3. The lowest BCUT2D eigenvalue weighted by Gasteiger charge is -2.34. The molecule has 2 unspecified atom stereocenters. The van der Waals surface area contributed by atoms with Crippen LogP contribution in [0.25, 0.3) is 0 Å². The fraction of sp³-hybridized carbons (Fsp3) is 0.714. The molecule has 1 fully saturated rings. The van der Waals surface area contributed by atoms with E-state index in [0.717, 1.165) is 18.7 Å². The summed E-state index contributed by atoms with van der Waals surface area (Å²) in [4.78, 5) is 10.8. The van der Waals surface area contributed by atoms with Crippen LogP contribution in [0.3, 0.4) is 0 Å². The molecule has 0 aromatic heterocycles. The van der Waals surface area contributed by atoms with Crippen molar-refractivity contribution >= 4 is 16.9 Å². The van der Waals surface area contributed by atoms with Crippen LogP contribution in [0.2, 0.25) is 0 Å². The minimum Gasteiger partial charge on any atom is -0.287 e. The summed E-state index contributed by atoms with van der Waals surface area (Å²) in [6.07, 6.45) is -2.75. The van der Waals surface area contributed by atoms with Crippen LogP contribution in [0.15, 0.2) is 0 Å². The average molecular weight is 191 g/mol. The van der Waals surface area contributed by atoms with Gasteiger partial charge in [0.25, 0.3) is 6.43 Å². The topological polar surface area (TPSA) is 40.9 Å². The van der Waals surface area contributed by atoms with Crippen molar-refractivity contribution in [3.63, 3.8) is 0 Å². The third-order valence-corrected chi connectivity index (χ3v) is 3.16. The van der Waals surface area contributed by atoms with Gasteiger partial charge < -0.3 is 0 Å². The Bertz CT molecular complexity index is 250. The Balaban J connectivity index is 2.81. The second kappa shape index (κ2) is 3.02. The highest BCUT2D eigenvalue weighted by atomic mass is 32.2. The van der Waals surface area contributed by atoms with Crippen LogP contribution in [0, 0.1) is 22.7 Å². The van der Waals surface area contributed by atoms with E-state index in [1.807, 2.05) is 0 Å². The number of nitrogens with zero attached hydrogens (tertiary/aromatic N) is 1. The molecule has 1 rings (SSSR count). The molecule has 0 aromatic rings. The fourth-order valence-corrected chi connectivity index (χ4v) is 1.99. The van der Waals surface area contributed by atoms with Crippen LogP contribution in [0.1, 0.15) is 6.92 Å². The quantitative estimate of drug-likeness (QED) is 0.666. The molecule has 0 radical (unpaired) electrons. The van der Waals surface area contributed by atoms with Crippen molar-refractivity contribution < 1.29 is 13.6 Å². The molecule has 0 aromatic carbocycles. The molecule has 2 nitrogen and oxygen atoms in total. The number of nitriles is 1. The van der Waals surface area contributed by atoms with Gasteiger partial charge in [-0.2, -0.15) is 5.26 Å². The molecule has 12 heavy (non-hydrogen) atoms. The lowest BCUT2D eigenvalue weighted by molar-refractivity contribution is -0.121. The second-order valence-electron chi connectivity index (χ2n) is 2.88. The van der Waals surface area contributed by atoms with Gasteiger partial charge in [0, 0.05) is 5.75 Å². The largest absolute Gasteiger partial charge is 0.287 e. The molecule has 1 aliphatic rings. The van der Waals surface area contributed by atoms with Gasteiger partial charge in [-0.15, -0.1) is 0 Å². The summed E-state index contributed by atoms with van der Waals surface area (Å²) >= 11 is 1.00. The molecule has 1 aliphatic heterocycles. The summed E-state index contributed by atoms with van der Waals surface area (Å²) in [5.41, 5.74) is -1.79. The van der Waals surface area contributed by atoms with Crippen LogP contribution < -0.4 is 0 Å². The van der Waals surface area contributed by atoms with Gasteiger partial charge in [-0.25, -0.2) is 8.78 Å². The molecule has 0 bridgehead atoms. The lowest BCUT2D eigenvalue weighted by atomic mass is 9.80. The van der Waals surface area contributed by atoms with E-state index in [9.17, 15) is 13.6 Å². The highest BCUT2D eigenvalue weighted by Crippen LogP contribution is 2.44. The van der Waals surface area contributed by atoms with Gasteiger partial charge in [0.15, 0.2) is 5.12 Å². The lowest BCUT2D eigenvalue weighted by Crippen LogP contribution is -2.44. The maximum Gasteiger partial charge on any atom is 0.257 e. The fourth-order valence-electron chi connectivity index (χ4n) is 0.931. The van der Waals surface area contributed by atoms with E-state index >= 15 is 0 Å². The minimum atomic E-state index is -2.75. The zero-order valence-electron chi connectivity index (χ0n) is 6.38. The first-order valence-electron chi connectivity index (χ1n) is 3.38. The van der Waals surface area contributed by atoms with Crippen LogP contribution in [-0.2, 0) is 4.79 Å². The van der Waals surface area contributed by atoms with E-state index in [-0.39, 0.29) is 5.12 Å². The average Bonchev–Trinajstić information content (AvgIpc) is 2.01. The molecule has 0 spiro atoms. The van der Waals surface area contributed by atoms with Gasteiger partial charge in [-0.1, -0.05) is 11.8 Å². The first-order chi connectivity index (χ1) is 5.52. The first kappa shape index (κ1) is 9.46. The maximum absolute atomic E-state index is 12.3. The number of hydrogen-bond donors (Lipinski definition) is 0. The van der Waals surface area contributed by atoms with Crippen molar-refractivity contribution in [3.8, 4) is 6.07 Å². The van der Waals surface area contributed by atoms with Gasteiger partial charge in [-0.05, 0) is 6.92 Å². The number of halogens is 2. The highest BCUT2D eigenvalue weighted by Gasteiger charge is 2.51. The van der Waals surface area contributed by atoms with E-state index in [1.165, 1.54) is 6.07 Å². The Morgan fingerprint density at radius 3 is 2.50 bits per heavy atom. The molecule has 1 saturated heterocycles. The smallest absolute Gasteiger partial charge is 0.257 e. The Morgan fingerprint density at radius 1 is 1.83 bits per heavy atom. The van der Waals surface area contributed by atoms with Gasteiger partial charge in [-0.3, -0.25) is 4.79 Å². The van der Waals surface area contributed by atoms with Crippen LogP contribution >= 0.6 is 11.8 Å².